The maximum Gasteiger partial charge on any atom is 0.286 e. The summed E-state index contributed by atoms with van der Waals surface area (Å²) in [5.74, 6) is -4.59. The Morgan fingerprint density at radius 3 is 2.56 bits per heavy atom. The number of rotatable bonds is 5. The molecule has 6 atom stereocenters. The van der Waals surface area contributed by atoms with Crippen LogP contribution in [0.25, 0.3) is 0 Å². The summed E-state index contributed by atoms with van der Waals surface area (Å²) >= 11 is 0. The molecule has 3 fully saturated rings. The lowest BCUT2D eigenvalue weighted by Crippen LogP contribution is -2.62. The van der Waals surface area contributed by atoms with Crippen molar-refractivity contribution in [1.82, 2.24) is 4.90 Å². The van der Waals surface area contributed by atoms with Crippen LogP contribution in [0.5, 0.6) is 0 Å². The number of benzene rings is 2. The maximum absolute atomic E-state index is 13.9. The van der Waals surface area contributed by atoms with Crippen molar-refractivity contribution in [3.63, 3.8) is 0 Å². The van der Waals surface area contributed by atoms with Crippen LogP contribution in [0.2, 0.25) is 0 Å². The van der Waals surface area contributed by atoms with E-state index in [-0.39, 0.29) is 40.5 Å². The molecule has 0 spiro atoms. The van der Waals surface area contributed by atoms with Crippen molar-refractivity contribution in [2.75, 3.05) is 16.3 Å². The van der Waals surface area contributed by atoms with Crippen LogP contribution < -0.4 is 10.0 Å². The number of halogens is 1. The fraction of sp³-hybridized carbons (Fsp3) is 0.400. The minimum atomic E-state index is -4.41. The van der Waals surface area contributed by atoms with E-state index in [2.05, 4.69) is 14.4 Å². The molecule has 2 aliphatic carbocycles. The number of anilines is 2. The number of sulfonamides is 2. The monoisotopic (exact) mass is 576 g/mol. The number of aliphatic hydroxyl groups excluding tert-OH is 1. The molecule has 1 saturated heterocycles. The predicted octanol–water partition coefficient (Wildman–Crippen LogP) is 1.32. The van der Waals surface area contributed by atoms with Crippen molar-refractivity contribution in [3.05, 3.63) is 53.8 Å². The van der Waals surface area contributed by atoms with Gasteiger partial charge < -0.3 is 15.3 Å². The number of carbonyl (C=O) groups is 2. The van der Waals surface area contributed by atoms with Crippen molar-refractivity contribution in [3.8, 4) is 0 Å². The molecule has 14 heteroatoms. The number of amides is 1. The van der Waals surface area contributed by atoms with Gasteiger partial charge in [0.25, 0.3) is 10.0 Å². The zero-order valence-corrected chi connectivity index (χ0v) is 22.2. The summed E-state index contributed by atoms with van der Waals surface area (Å²) in [5, 5.41) is 13.4. The van der Waals surface area contributed by atoms with Gasteiger partial charge in [0.15, 0.2) is 11.7 Å². The Labute approximate surface area is 224 Å². The summed E-state index contributed by atoms with van der Waals surface area (Å²) in [6.45, 7) is 0.0838. The Kier molecular flexibility index (Phi) is 5.86. The van der Waals surface area contributed by atoms with Crippen LogP contribution in [0.4, 0.5) is 15.8 Å². The van der Waals surface area contributed by atoms with Gasteiger partial charge in [-0.2, -0.15) is 8.42 Å². The van der Waals surface area contributed by atoms with E-state index in [0.29, 0.717) is 18.4 Å². The second-order valence-corrected chi connectivity index (χ2v) is 13.9. The molecule has 0 radical (unpaired) electrons. The highest BCUT2D eigenvalue weighted by molar-refractivity contribution is 7.92. The predicted molar refractivity (Wildman–Crippen MR) is 138 cm³/mol. The van der Waals surface area contributed by atoms with Crippen molar-refractivity contribution in [2.24, 2.45) is 28.1 Å². The second-order valence-electron chi connectivity index (χ2n) is 10.6. The Morgan fingerprint density at radius 2 is 1.87 bits per heavy atom. The van der Waals surface area contributed by atoms with Crippen LogP contribution in [0.1, 0.15) is 18.4 Å². The van der Waals surface area contributed by atoms with E-state index in [1.165, 1.54) is 24.3 Å². The summed E-state index contributed by atoms with van der Waals surface area (Å²) in [4.78, 5) is 29.0. The van der Waals surface area contributed by atoms with Gasteiger partial charge >= 0.3 is 0 Å². The molecule has 2 aromatic carbocycles. The molecule has 2 aromatic rings. The first-order chi connectivity index (χ1) is 18.3. The molecular formula is C25H25FN4O7S2. The summed E-state index contributed by atoms with van der Waals surface area (Å²) in [6.07, 6.45) is 1.25. The molecule has 206 valence electrons. The zero-order valence-electron chi connectivity index (χ0n) is 20.6. The number of carbonyl (C=O) groups excluding carboxylic acids is 2. The Bertz CT molecular complexity index is 1640. The number of ketones is 1. The van der Waals surface area contributed by atoms with Crippen molar-refractivity contribution in [1.29, 1.82) is 0 Å². The van der Waals surface area contributed by atoms with Crippen LogP contribution in [0.3, 0.4) is 0 Å². The highest BCUT2D eigenvalue weighted by atomic mass is 32.2. The SMILES string of the molecule is CS(=O)(=O)Nc1ccc2c(c1)S(=O)(=O)N=C(C1C(=O)[C@H]3[C@H]([C@H]4CC(O)[C@H]3C4)N(Cc3ccc(F)cc3)C1=O)N2. The number of piperidine rings is 1. The number of fused-ring (bicyclic) bond motifs is 6. The van der Waals surface area contributed by atoms with Crippen LogP contribution in [0, 0.1) is 29.5 Å². The van der Waals surface area contributed by atoms with Crippen LogP contribution >= 0.6 is 0 Å². The highest BCUT2D eigenvalue weighted by Crippen LogP contribution is 2.54. The van der Waals surface area contributed by atoms with Crippen LogP contribution in [0.15, 0.2) is 51.8 Å². The van der Waals surface area contributed by atoms with E-state index in [4.69, 9.17) is 0 Å². The smallest absolute Gasteiger partial charge is 0.286 e. The van der Waals surface area contributed by atoms with E-state index < -0.39 is 61.5 Å². The molecule has 2 heterocycles. The van der Waals surface area contributed by atoms with Gasteiger partial charge in [-0.1, -0.05) is 12.1 Å². The standard InChI is InChI=1S/C25H25FN4O7S2/c1-38(34,35)28-15-6-7-17-19(10-15)39(36,37)29-24(27-17)21-23(32)20-16-8-13(9-18(16)31)22(20)30(25(21)33)11-12-2-4-14(26)5-3-12/h2-7,10,13,16,18,20-22,28,31H,8-9,11H2,1H3,(H,27,29)/t13-,16-,18?,20-,21?,22+/m1/s1. The number of Topliss-reactive ketones (excluding diaryl/α,β-unsaturated/α-hetero) is 1. The topological polar surface area (TPSA) is 162 Å². The number of aliphatic hydroxyl groups is 1. The molecular weight excluding hydrogens is 551 g/mol. The first-order valence-electron chi connectivity index (χ1n) is 12.3. The lowest BCUT2D eigenvalue weighted by Gasteiger charge is -2.46. The third-order valence-corrected chi connectivity index (χ3v) is 9.95. The molecule has 2 unspecified atom stereocenters. The summed E-state index contributed by atoms with van der Waals surface area (Å²) in [7, 11) is -8.09. The molecule has 11 nitrogen and oxygen atoms in total. The Balaban J connectivity index is 1.38. The average molecular weight is 577 g/mol. The number of likely N-dealkylation sites (tertiary alicyclic amines) is 1. The number of nitrogens with one attached hydrogen (secondary N) is 2. The molecule has 4 aliphatic rings. The lowest BCUT2D eigenvalue weighted by molar-refractivity contribution is -0.155. The van der Waals surface area contributed by atoms with Gasteiger partial charge in [-0.05, 0) is 60.6 Å². The third-order valence-electron chi connectivity index (χ3n) is 8.01. The second kappa shape index (κ2) is 8.83. The van der Waals surface area contributed by atoms with E-state index >= 15 is 0 Å². The van der Waals surface area contributed by atoms with E-state index in [1.54, 1.807) is 17.0 Å². The van der Waals surface area contributed by atoms with Crippen LogP contribution in [-0.4, -0.2) is 62.8 Å². The van der Waals surface area contributed by atoms with E-state index in [1.807, 2.05) is 0 Å². The normalized spacial score (nSPS) is 30.8. The highest BCUT2D eigenvalue weighted by Gasteiger charge is 2.63. The summed E-state index contributed by atoms with van der Waals surface area (Å²) in [6, 6.07) is 8.96. The molecule has 1 amide bonds. The lowest BCUT2D eigenvalue weighted by atomic mass is 9.72. The minimum absolute atomic E-state index is 0.00868. The number of nitrogens with zero attached hydrogens (tertiary/aromatic N) is 2. The molecule has 39 heavy (non-hydrogen) atoms. The number of amidine groups is 1. The quantitative estimate of drug-likeness (QED) is 0.449. The average Bonchev–Trinajstić information content (AvgIpc) is 3.40. The van der Waals surface area contributed by atoms with Gasteiger partial charge in [0, 0.05) is 24.2 Å². The fourth-order valence-electron chi connectivity index (χ4n) is 6.56. The Hall–Kier alpha value is -3.36. The van der Waals surface area contributed by atoms with Gasteiger partial charge in [0.05, 0.1) is 18.0 Å². The van der Waals surface area contributed by atoms with Gasteiger partial charge in [-0.25, -0.2) is 12.8 Å². The minimum Gasteiger partial charge on any atom is -0.393 e. The summed E-state index contributed by atoms with van der Waals surface area (Å²) < 4.78 is 69.0. The molecule has 2 saturated carbocycles. The number of hydrogen-bond acceptors (Lipinski definition) is 8. The third kappa shape index (κ3) is 4.39. The first-order valence-corrected chi connectivity index (χ1v) is 15.7. The largest absolute Gasteiger partial charge is 0.393 e. The zero-order chi connectivity index (χ0) is 27.9. The van der Waals surface area contributed by atoms with Gasteiger partial charge in [-0.15, -0.1) is 4.40 Å². The summed E-state index contributed by atoms with van der Waals surface area (Å²) in [5.41, 5.74) is 0.691. The van der Waals surface area contributed by atoms with Gasteiger partial charge in [0.2, 0.25) is 15.9 Å². The van der Waals surface area contributed by atoms with Crippen molar-refractivity contribution in [2.45, 2.75) is 36.4 Å². The van der Waals surface area contributed by atoms with E-state index in [9.17, 15) is 35.9 Å². The Morgan fingerprint density at radius 1 is 1.15 bits per heavy atom. The van der Waals surface area contributed by atoms with Crippen LogP contribution in [-0.2, 0) is 36.2 Å². The molecule has 2 aliphatic heterocycles. The molecule has 0 aromatic heterocycles. The van der Waals surface area contributed by atoms with Crippen molar-refractivity contribution >= 4 is 48.9 Å². The molecule has 3 N–H and O–H groups in total. The van der Waals surface area contributed by atoms with Gasteiger partial charge in [0.1, 0.15) is 16.5 Å². The first kappa shape index (κ1) is 25.9. The van der Waals surface area contributed by atoms with Gasteiger partial charge in [-0.3, -0.25) is 14.3 Å². The van der Waals surface area contributed by atoms with Crippen molar-refractivity contribution < 1.29 is 35.9 Å². The molecule has 6 rings (SSSR count). The number of hydrogen-bond donors (Lipinski definition) is 3. The maximum atomic E-state index is 13.9. The van der Waals surface area contributed by atoms with E-state index in [0.717, 1.165) is 12.3 Å². The fourth-order valence-corrected chi connectivity index (χ4v) is 8.29. The molecule has 2 bridgehead atoms.